The zero-order valence-corrected chi connectivity index (χ0v) is 21.8. The van der Waals surface area contributed by atoms with Crippen LogP contribution in [0.25, 0.3) is 43.7 Å². The van der Waals surface area contributed by atoms with Crippen molar-refractivity contribution in [2.24, 2.45) is 7.05 Å². The van der Waals surface area contributed by atoms with E-state index < -0.39 is 0 Å². The first-order chi connectivity index (χ1) is 18.4. The molecule has 1 aliphatic carbocycles. The van der Waals surface area contributed by atoms with Crippen LogP contribution in [0.2, 0.25) is 0 Å². The van der Waals surface area contributed by atoms with Crippen molar-refractivity contribution in [1.82, 2.24) is 19.3 Å². The predicted molar refractivity (Wildman–Crippen MR) is 151 cm³/mol. The van der Waals surface area contributed by atoms with Crippen molar-refractivity contribution in [2.45, 2.75) is 32.7 Å². The lowest BCUT2D eigenvalue weighted by molar-refractivity contribution is 0.414. The molecule has 0 unspecified atom stereocenters. The molecule has 0 aliphatic heterocycles. The molecule has 6 aromatic rings. The van der Waals surface area contributed by atoms with E-state index in [1.165, 1.54) is 11.1 Å². The van der Waals surface area contributed by atoms with Crippen LogP contribution in [-0.4, -0.2) is 36.7 Å². The Bertz CT molecular complexity index is 1910. The molecule has 3 heterocycles. The molecule has 0 fully saturated rings. The highest BCUT2D eigenvalue weighted by Gasteiger charge is 2.30. The second-order valence-corrected chi connectivity index (χ2v) is 10.4. The number of nitrogens with zero attached hydrogens (tertiary/aromatic N) is 3. The van der Waals surface area contributed by atoms with Gasteiger partial charge in [0, 0.05) is 70.0 Å². The maximum Gasteiger partial charge on any atom is 0.197 e. The van der Waals surface area contributed by atoms with Crippen LogP contribution in [0.3, 0.4) is 0 Å². The van der Waals surface area contributed by atoms with Gasteiger partial charge in [-0.15, -0.1) is 0 Å². The summed E-state index contributed by atoms with van der Waals surface area (Å²) in [6, 6.07) is 11.6. The van der Waals surface area contributed by atoms with Gasteiger partial charge < -0.3 is 29.8 Å². The Morgan fingerprint density at radius 2 is 1.89 bits per heavy atom. The van der Waals surface area contributed by atoms with Gasteiger partial charge in [-0.05, 0) is 62.6 Å². The Kier molecular flexibility index (Phi) is 4.73. The molecule has 1 aliphatic rings. The largest absolute Gasteiger partial charge is 0.508 e. The third-order valence-corrected chi connectivity index (χ3v) is 7.73. The van der Waals surface area contributed by atoms with Crippen LogP contribution in [-0.2, 0) is 19.9 Å². The number of phenols is 1. The Balaban J connectivity index is 1.57. The molecule has 0 radical (unpaired) electrons. The topological polar surface area (TPSA) is 100 Å². The van der Waals surface area contributed by atoms with Crippen LogP contribution in [0, 0.1) is 0 Å². The van der Waals surface area contributed by atoms with E-state index in [9.17, 15) is 10.2 Å². The predicted octanol–water partition coefficient (Wildman–Crippen LogP) is 6.52. The molecule has 38 heavy (non-hydrogen) atoms. The molecule has 3 aromatic carbocycles. The normalized spacial score (nSPS) is 13.0. The van der Waals surface area contributed by atoms with Crippen LogP contribution in [0.5, 0.6) is 17.4 Å². The number of H-pyrrole nitrogens is 1. The van der Waals surface area contributed by atoms with Crippen molar-refractivity contribution >= 4 is 44.0 Å². The summed E-state index contributed by atoms with van der Waals surface area (Å²) in [4.78, 5) is 3.09. The molecule has 0 atom stereocenters. The molecule has 0 saturated carbocycles. The van der Waals surface area contributed by atoms with E-state index in [0.29, 0.717) is 11.4 Å². The molecule has 8 nitrogen and oxygen atoms in total. The number of ether oxygens (including phenoxy) is 1. The Morgan fingerprint density at radius 3 is 2.68 bits per heavy atom. The summed E-state index contributed by atoms with van der Waals surface area (Å²) in [5.41, 5.74) is 8.39. The first kappa shape index (κ1) is 22.6. The Morgan fingerprint density at radius 1 is 1.05 bits per heavy atom. The monoisotopic (exact) mass is 507 g/mol. The van der Waals surface area contributed by atoms with Gasteiger partial charge in [-0.2, -0.15) is 5.10 Å². The molecule has 4 N–H and O–H groups in total. The number of hydrogen-bond acceptors (Lipinski definition) is 5. The van der Waals surface area contributed by atoms with Crippen molar-refractivity contribution in [3.63, 3.8) is 0 Å². The number of aromatic hydroxyl groups is 2. The van der Waals surface area contributed by atoms with Gasteiger partial charge in [0.25, 0.3) is 0 Å². The van der Waals surface area contributed by atoms with E-state index >= 15 is 0 Å². The number of fused-ring (bicyclic) bond motifs is 10. The second kappa shape index (κ2) is 7.95. The van der Waals surface area contributed by atoms with Gasteiger partial charge in [0.1, 0.15) is 11.5 Å². The van der Waals surface area contributed by atoms with Crippen molar-refractivity contribution in [2.75, 3.05) is 12.4 Å². The highest BCUT2D eigenvalue weighted by Crippen LogP contribution is 2.50. The lowest BCUT2D eigenvalue weighted by Crippen LogP contribution is -2.08. The van der Waals surface area contributed by atoms with E-state index in [1.807, 2.05) is 17.9 Å². The highest BCUT2D eigenvalue weighted by molar-refractivity contribution is 6.26. The van der Waals surface area contributed by atoms with Crippen LogP contribution in [0.4, 0.5) is 11.4 Å². The summed E-state index contributed by atoms with van der Waals surface area (Å²) in [5.74, 6) is 0.988. The zero-order chi connectivity index (χ0) is 26.3. The number of aromatic amines is 1. The smallest absolute Gasteiger partial charge is 0.197 e. The van der Waals surface area contributed by atoms with E-state index in [-0.39, 0.29) is 17.7 Å². The number of phenolic OH excluding ortho intramolecular Hbond substituents is 1. The van der Waals surface area contributed by atoms with E-state index in [1.54, 1.807) is 25.3 Å². The molecular formula is C30H29N5O3. The molecule has 7 rings (SSSR count). The van der Waals surface area contributed by atoms with Gasteiger partial charge in [0.05, 0.1) is 29.4 Å². The van der Waals surface area contributed by atoms with Crippen molar-refractivity contribution < 1.29 is 14.9 Å². The molecule has 0 bridgehead atoms. The minimum atomic E-state index is 0.164. The van der Waals surface area contributed by atoms with E-state index in [0.717, 1.165) is 62.4 Å². The van der Waals surface area contributed by atoms with Crippen LogP contribution in [0.15, 0.2) is 48.8 Å². The second-order valence-electron chi connectivity index (χ2n) is 10.4. The fourth-order valence-electron chi connectivity index (χ4n) is 6.29. The average molecular weight is 508 g/mol. The molecule has 0 amide bonds. The fourth-order valence-corrected chi connectivity index (χ4v) is 6.29. The Hall–Kier alpha value is -4.59. The maximum atomic E-state index is 11.0. The van der Waals surface area contributed by atoms with Crippen LogP contribution >= 0.6 is 0 Å². The maximum absolute atomic E-state index is 11.0. The SMILES string of the molecule is COc1ccc(O)cc1Nc1ccc2c(c1)c1c3c[nH]c(O)c3c3c(c1n2C(C)C)CCc1nn(C)cc1-3. The lowest BCUT2D eigenvalue weighted by atomic mass is 9.85. The quantitative estimate of drug-likeness (QED) is 0.218. The summed E-state index contributed by atoms with van der Waals surface area (Å²) in [7, 11) is 3.56. The van der Waals surface area contributed by atoms with Crippen LogP contribution < -0.4 is 10.1 Å². The highest BCUT2D eigenvalue weighted by atomic mass is 16.5. The van der Waals surface area contributed by atoms with Crippen molar-refractivity contribution in [3.05, 3.63) is 60.0 Å². The number of benzene rings is 3. The van der Waals surface area contributed by atoms with Gasteiger partial charge in [0.15, 0.2) is 5.88 Å². The third-order valence-electron chi connectivity index (χ3n) is 7.73. The minimum absolute atomic E-state index is 0.164. The van der Waals surface area contributed by atoms with Crippen LogP contribution in [0.1, 0.15) is 31.1 Å². The molecular weight excluding hydrogens is 478 g/mol. The molecule has 0 saturated heterocycles. The number of anilines is 2. The summed E-state index contributed by atoms with van der Waals surface area (Å²) in [6.07, 6.45) is 5.70. The first-order valence-corrected chi connectivity index (χ1v) is 12.8. The Labute approximate surface area is 219 Å². The number of rotatable bonds is 4. The van der Waals surface area contributed by atoms with Crippen molar-refractivity contribution in [3.8, 4) is 28.5 Å². The molecule has 3 aromatic heterocycles. The number of aromatic nitrogens is 4. The average Bonchev–Trinajstić information content (AvgIpc) is 3.56. The number of nitrogens with one attached hydrogen (secondary N) is 2. The van der Waals surface area contributed by atoms with Gasteiger partial charge >= 0.3 is 0 Å². The van der Waals surface area contributed by atoms with Gasteiger partial charge in [-0.1, -0.05) is 0 Å². The molecule has 0 spiro atoms. The first-order valence-electron chi connectivity index (χ1n) is 12.8. The third kappa shape index (κ3) is 3.06. The number of aryl methyl sites for hydroxylation is 3. The lowest BCUT2D eigenvalue weighted by Gasteiger charge is -2.21. The number of methoxy groups -OCH3 is 1. The summed E-state index contributed by atoms with van der Waals surface area (Å²) in [6.45, 7) is 4.43. The van der Waals surface area contributed by atoms with E-state index in [2.05, 4.69) is 53.1 Å². The van der Waals surface area contributed by atoms with Gasteiger partial charge in [0.2, 0.25) is 0 Å². The summed E-state index contributed by atoms with van der Waals surface area (Å²) in [5, 5.41) is 33.3. The van der Waals surface area contributed by atoms with Gasteiger partial charge in [-0.3, -0.25) is 4.68 Å². The molecule has 8 heteroatoms. The number of hydrogen-bond donors (Lipinski definition) is 4. The molecule has 192 valence electrons. The van der Waals surface area contributed by atoms with E-state index in [4.69, 9.17) is 9.84 Å². The zero-order valence-electron chi connectivity index (χ0n) is 21.8. The standard InChI is InChI=1S/C30H29N5O3/c1-15(2)35-24-9-5-16(32-23-12-17(36)6-10-25(23)38-4)11-19(24)27-20-13-31-30(37)28(20)26-18(29(27)35)7-8-22-21(26)14-34(3)33-22/h5-6,9-15,31-32,36-37H,7-8H2,1-4H3. The minimum Gasteiger partial charge on any atom is -0.508 e. The summed E-state index contributed by atoms with van der Waals surface area (Å²) < 4.78 is 9.79. The fraction of sp³-hybridized carbons (Fsp3) is 0.233. The summed E-state index contributed by atoms with van der Waals surface area (Å²) >= 11 is 0. The van der Waals surface area contributed by atoms with Gasteiger partial charge in [-0.25, -0.2) is 0 Å². The van der Waals surface area contributed by atoms with Crippen molar-refractivity contribution in [1.29, 1.82) is 0 Å².